The summed E-state index contributed by atoms with van der Waals surface area (Å²) < 4.78 is 54.4. The monoisotopic (exact) mass is 713 g/mol. The molecule has 2 aliphatic heterocycles. The van der Waals surface area contributed by atoms with Crippen LogP contribution in [0.4, 0.5) is 20.4 Å². The second-order valence-corrected chi connectivity index (χ2v) is 13.8. The number of morpholine rings is 1. The predicted octanol–water partition coefficient (Wildman–Crippen LogP) is 5.80. The first-order chi connectivity index (χ1) is 24.2. The predicted molar refractivity (Wildman–Crippen MR) is 181 cm³/mol. The van der Waals surface area contributed by atoms with Gasteiger partial charge in [-0.05, 0) is 63.1 Å². The SMILES string of the molecule is COCC(F)(F)COc1nn([C@H]2CC[C@H](N3[C@@H]4CC[C@H]3COC4)CC2)cc1Nc1ncc(-c2ccc(Cl)c(O[C@@H](C)Cn3cncn3)c2)cn1. The molecule has 1 aliphatic carbocycles. The third-order valence-electron chi connectivity index (χ3n) is 9.63. The normalized spacial score (nSPS) is 23.1. The Morgan fingerprint density at radius 2 is 1.72 bits per heavy atom. The third kappa shape index (κ3) is 8.01. The van der Waals surface area contributed by atoms with Crippen molar-refractivity contribution in [1.82, 2.24) is 39.4 Å². The summed E-state index contributed by atoms with van der Waals surface area (Å²) in [7, 11) is 1.23. The highest BCUT2D eigenvalue weighted by Gasteiger charge is 2.42. The van der Waals surface area contributed by atoms with Crippen molar-refractivity contribution < 1.29 is 27.7 Å². The molecule has 7 rings (SSSR count). The zero-order valence-corrected chi connectivity index (χ0v) is 28.9. The van der Waals surface area contributed by atoms with E-state index in [1.54, 1.807) is 35.7 Å². The molecule has 3 fully saturated rings. The molecular formula is C34H42ClF2N9O4. The summed E-state index contributed by atoms with van der Waals surface area (Å²) in [6.45, 7) is 2.44. The Kier molecular flexibility index (Phi) is 10.4. The molecule has 13 nitrogen and oxygen atoms in total. The molecule has 0 amide bonds. The van der Waals surface area contributed by atoms with Gasteiger partial charge in [-0.2, -0.15) is 5.10 Å². The van der Waals surface area contributed by atoms with Crippen LogP contribution in [0.25, 0.3) is 11.1 Å². The fraction of sp³-hybridized carbons (Fsp3) is 0.559. The molecule has 3 aromatic heterocycles. The van der Waals surface area contributed by atoms with Crippen LogP contribution in [0.3, 0.4) is 0 Å². The van der Waals surface area contributed by atoms with Crippen LogP contribution in [0.5, 0.6) is 11.6 Å². The number of halogens is 3. The minimum absolute atomic E-state index is 0.0568. The molecule has 0 unspecified atom stereocenters. The Morgan fingerprint density at radius 1 is 1.00 bits per heavy atom. The lowest BCUT2D eigenvalue weighted by Crippen LogP contribution is -2.52. The van der Waals surface area contributed by atoms with E-state index in [2.05, 4.69) is 40.1 Å². The summed E-state index contributed by atoms with van der Waals surface area (Å²) in [4.78, 5) is 15.7. The lowest BCUT2D eigenvalue weighted by molar-refractivity contribution is -0.0917. The molecular weight excluding hydrogens is 672 g/mol. The van der Waals surface area contributed by atoms with Crippen molar-refractivity contribution in [3.63, 3.8) is 0 Å². The van der Waals surface area contributed by atoms with Gasteiger partial charge in [-0.15, -0.1) is 5.10 Å². The first-order valence-corrected chi connectivity index (χ1v) is 17.4. The van der Waals surface area contributed by atoms with Crippen LogP contribution in [-0.4, -0.2) is 103 Å². The molecule has 0 spiro atoms. The van der Waals surface area contributed by atoms with E-state index >= 15 is 0 Å². The quantitative estimate of drug-likeness (QED) is 0.170. The van der Waals surface area contributed by atoms with Crippen molar-refractivity contribution in [3.8, 4) is 22.8 Å². The van der Waals surface area contributed by atoms with Gasteiger partial charge >= 0.3 is 5.92 Å². The molecule has 4 aromatic rings. The highest BCUT2D eigenvalue weighted by Crippen LogP contribution is 2.40. The van der Waals surface area contributed by atoms with Gasteiger partial charge in [0.05, 0.1) is 37.0 Å². The average molecular weight is 714 g/mol. The molecule has 268 valence electrons. The minimum Gasteiger partial charge on any atom is -0.487 e. The van der Waals surface area contributed by atoms with Crippen molar-refractivity contribution >= 4 is 23.2 Å². The summed E-state index contributed by atoms with van der Waals surface area (Å²) in [6, 6.07) is 7.14. The lowest BCUT2D eigenvalue weighted by atomic mass is 9.89. The van der Waals surface area contributed by atoms with Crippen molar-refractivity contribution in [1.29, 1.82) is 0 Å². The minimum atomic E-state index is -3.18. The van der Waals surface area contributed by atoms with Crippen LogP contribution in [0.15, 0.2) is 49.4 Å². The Balaban J connectivity index is 1.04. The number of aromatic nitrogens is 7. The first kappa shape index (κ1) is 34.5. The van der Waals surface area contributed by atoms with Crippen LogP contribution < -0.4 is 14.8 Å². The van der Waals surface area contributed by atoms with Crippen LogP contribution in [0.1, 0.15) is 51.5 Å². The van der Waals surface area contributed by atoms with Crippen LogP contribution in [0, 0.1) is 0 Å². The van der Waals surface area contributed by atoms with Crippen LogP contribution in [0.2, 0.25) is 5.02 Å². The van der Waals surface area contributed by atoms with Crippen LogP contribution in [-0.2, 0) is 16.0 Å². The second kappa shape index (κ2) is 15.1. The molecule has 50 heavy (non-hydrogen) atoms. The molecule has 0 radical (unpaired) electrons. The van der Waals surface area contributed by atoms with Gasteiger partial charge in [-0.1, -0.05) is 17.7 Å². The summed E-state index contributed by atoms with van der Waals surface area (Å²) >= 11 is 6.44. The number of nitrogens with one attached hydrogen (secondary N) is 1. The Bertz CT molecular complexity index is 1690. The number of alkyl halides is 2. The lowest BCUT2D eigenvalue weighted by Gasteiger charge is -2.43. The molecule has 16 heteroatoms. The summed E-state index contributed by atoms with van der Waals surface area (Å²) in [5.74, 6) is -2.34. The Hall–Kier alpha value is -3.92. The van der Waals surface area contributed by atoms with Gasteiger partial charge in [0, 0.05) is 43.2 Å². The number of nitrogens with zero attached hydrogens (tertiary/aromatic N) is 8. The van der Waals surface area contributed by atoms with E-state index in [0.29, 0.717) is 41.1 Å². The van der Waals surface area contributed by atoms with Gasteiger partial charge in [0.25, 0.3) is 5.88 Å². The zero-order chi connectivity index (χ0) is 34.7. The molecule has 3 aliphatic rings. The van der Waals surface area contributed by atoms with E-state index in [9.17, 15) is 8.78 Å². The summed E-state index contributed by atoms with van der Waals surface area (Å²) in [5.41, 5.74) is 1.95. The number of benzene rings is 1. The third-order valence-corrected chi connectivity index (χ3v) is 9.95. The van der Waals surface area contributed by atoms with Gasteiger partial charge in [-0.3, -0.25) is 9.58 Å². The molecule has 5 heterocycles. The van der Waals surface area contributed by atoms with Gasteiger partial charge in [0.15, 0.2) is 6.61 Å². The molecule has 2 saturated heterocycles. The molecule has 2 bridgehead atoms. The number of ether oxygens (including phenoxy) is 4. The highest BCUT2D eigenvalue weighted by molar-refractivity contribution is 6.32. The first-order valence-electron chi connectivity index (χ1n) is 17.1. The average Bonchev–Trinajstić information content (AvgIpc) is 3.83. The number of hydrogen-bond donors (Lipinski definition) is 1. The van der Waals surface area contributed by atoms with Crippen molar-refractivity contribution in [3.05, 3.63) is 54.5 Å². The van der Waals surface area contributed by atoms with E-state index < -0.39 is 19.1 Å². The van der Waals surface area contributed by atoms with Gasteiger partial charge in [0.1, 0.15) is 36.8 Å². The van der Waals surface area contributed by atoms with E-state index in [4.69, 9.17) is 25.8 Å². The molecule has 3 atom stereocenters. The maximum atomic E-state index is 14.4. The highest BCUT2D eigenvalue weighted by atomic mass is 35.5. The van der Waals surface area contributed by atoms with E-state index in [1.165, 1.54) is 26.3 Å². The number of methoxy groups -OCH3 is 1. The van der Waals surface area contributed by atoms with E-state index in [1.807, 2.05) is 23.7 Å². The van der Waals surface area contributed by atoms with Crippen molar-refractivity contribution in [2.45, 2.75) is 88.2 Å². The van der Waals surface area contributed by atoms with Crippen molar-refractivity contribution in [2.75, 3.05) is 38.9 Å². The summed E-state index contributed by atoms with van der Waals surface area (Å²) in [6.07, 6.45) is 14.4. The maximum absolute atomic E-state index is 14.4. The topological polar surface area (TPSA) is 127 Å². The fourth-order valence-corrected chi connectivity index (χ4v) is 7.50. The smallest absolute Gasteiger partial charge is 0.304 e. The largest absolute Gasteiger partial charge is 0.487 e. The van der Waals surface area contributed by atoms with E-state index in [0.717, 1.165) is 50.0 Å². The molecule has 1 N–H and O–H groups in total. The second-order valence-electron chi connectivity index (χ2n) is 13.3. The van der Waals surface area contributed by atoms with Crippen LogP contribution >= 0.6 is 11.6 Å². The fourth-order valence-electron chi connectivity index (χ4n) is 7.34. The van der Waals surface area contributed by atoms with E-state index in [-0.39, 0.29) is 24.0 Å². The maximum Gasteiger partial charge on any atom is 0.304 e. The standard InChI is InChI=1S/C34H42ClF2N9O4/c1-22(14-44-21-38-20-41-44)50-31-11-23(3-10-29(31)35)24-12-39-33(40-13-24)42-30-15-45(43-32(30)49-19-34(36,37)18-47-2)25-4-6-26(7-5-25)46-27-8-9-28(46)17-48-16-27/h3,10-13,15,20-22,25-28H,4-9,14,16-19H2,1-2H3,(H,39,40,42)/t22-,25-,26-,27-,28+/m0/s1. The summed E-state index contributed by atoms with van der Waals surface area (Å²) in [5, 5.41) is 12.4. The number of hydrogen-bond acceptors (Lipinski definition) is 11. The van der Waals surface area contributed by atoms with Gasteiger partial charge in [0.2, 0.25) is 5.95 Å². The number of anilines is 2. The zero-order valence-electron chi connectivity index (χ0n) is 28.1. The van der Waals surface area contributed by atoms with Gasteiger partial charge in [-0.25, -0.2) is 28.4 Å². The van der Waals surface area contributed by atoms with Crippen molar-refractivity contribution in [2.24, 2.45) is 0 Å². The Labute approximate surface area is 294 Å². The molecule has 1 saturated carbocycles. The number of rotatable bonds is 14. The van der Waals surface area contributed by atoms with Gasteiger partial charge < -0.3 is 24.3 Å². The molecule has 1 aromatic carbocycles. The number of fused-ring (bicyclic) bond motifs is 2. The Morgan fingerprint density at radius 3 is 2.42 bits per heavy atom.